The number of nitrogens with two attached hydrogens (primary N) is 1. The first kappa shape index (κ1) is 11.2. The molecule has 88 valence electrons. The molecule has 0 bridgehead atoms. The molecule has 0 aromatic carbocycles. The van der Waals surface area contributed by atoms with Crippen LogP contribution >= 0.6 is 0 Å². The fourth-order valence-corrected chi connectivity index (χ4v) is 2.33. The van der Waals surface area contributed by atoms with Crippen LogP contribution in [0.1, 0.15) is 32.1 Å². The topological polar surface area (TPSA) is 38.0 Å². The number of hydrogen-bond acceptors (Lipinski definition) is 2. The Hall–Kier alpha value is -0.290. The molecule has 15 heavy (non-hydrogen) atoms. The van der Waals surface area contributed by atoms with Crippen LogP contribution in [0.2, 0.25) is 0 Å². The molecular formula is C10H17F3N2. The Labute approximate surface area is 87.4 Å². The van der Waals surface area contributed by atoms with Gasteiger partial charge in [0.25, 0.3) is 0 Å². The van der Waals surface area contributed by atoms with Gasteiger partial charge in [-0.3, -0.25) is 0 Å². The van der Waals surface area contributed by atoms with E-state index in [9.17, 15) is 13.2 Å². The maximum atomic E-state index is 12.6. The van der Waals surface area contributed by atoms with Crippen molar-refractivity contribution in [3.8, 4) is 0 Å². The van der Waals surface area contributed by atoms with Crippen molar-refractivity contribution < 1.29 is 13.2 Å². The molecule has 0 saturated heterocycles. The molecule has 0 amide bonds. The van der Waals surface area contributed by atoms with Crippen molar-refractivity contribution in [1.29, 1.82) is 0 Å². The van der Waals surface area contributed by atoms with Gasteiger partial charge in [-0.15, -0.1) is 0 Å². The molecule has 2 aliphatic carbocycles. The van der Waals surface area contributed by atoms with Crippen molar-refractivity contribution in [2.45, 2.75) is 49.9 Å². The summed E-state index contributed by atoms with van der Waals surface area (Å²) >= 11 is 0. The maximum absolute atomic E-state index is 12.6. The first-order chi connectivity index (χ1) is 6.95. The molecule has 5 heteroatoms. The Kier molecular flexibility index (Phi) is 2.71. The third-order valence-corrected chi connectivity index (χ3v) is 3.71. The second-order valence-corrected chi connectivity index (χ2v) is 4.82. The SMILES string of the molecule is NC1CCCC1CNC1(C(F)(F)F)CC1. The average Bonchev–Trinajstić information content (AvgIpc) is 2.82. The highest BCUT2D eigenvalue weighted by Crippen LogP contribution is 2.49. The first-order valence-electron chi connectivity index (χ1n) is 5.52. The van der Waals surface area contributed by atoms with E-state index in [4.69, 9.17) is 5.73 Å². The zero-order valence-corrected chi connectivity index (χ0v) is 8.61. The monoisotopic (exact) mass is 222 g/mol. The van der Waals surface area contributed by atoms with E-state index in [1.807, 2.05) is 0 Å². The molecule has 0 spiro atoms. The van der Waals surface area contributed by atoms with Gasteiger partial charge in [0.15, 0.2) is 0 Å². The Balaban J connectivity index is 1.83. The third-order valence-electron chi connectivity index (χ3n) is 3.71. The standard InChI is InChI=1S/C10H17F3N2/c11-10(12,13)9(4-5-9)15-6-7-2-1-3-8(7)14/h7-8,15H,1-6,14H2. The number of halogens is 3. The van der Waals surface area contributed by atoms with Gasteiger partial charge in [-0.1, -0.05) is 6.42 Å². The molecule has 0 aromatic rings. The van der Waals surface area contributed by atoms with Crippen LogP contribution in [0.3, 0.4) is 0 Å². The van der Waals surface area contributed by atoms with Crippen molar-refractivity contribution in [2.75, 3.05) is 6.54 Å². The Bertz CT molecular complexity index is 235. The molecule has 0 aliphatic heterocycles. The zero-order valence-electron chi connectivity index (χ0n) is 8.61. The van der Waals surface area contributed by atoms with E-state index in [0.717, 1.165) is 19.3 Å². The first-order valence-corrected chi connectivity index (χ1v) is 5.52. The van der Waals surface area contributed by atoms with E-state index in [1.54, 1.807) is 0 Å². The van der Waals surface area contributed by atoms with Gasteiger partial charge in [-0.05, 0) is 31.6 Å². The second kappa shape index (κ2) is 3.63. The minimum atomic E-state index is -4.10. The smallest absolute Gasteiger partial charge is 0.327 e. The van der Waals surface area contributed by atoms with Gasteiger partial charge in [-0.25, -0.2) is 0 Å². The van der Waals surface area contributed by atoms with Crippen LogP contribution in [0.4, 0.5) is 13.2 Å². The second-order valence-electron chi connectivity index (χ2n) is 4.82. The van der Waals surface area contributed by atoms with E-state index in [0.29, 0.717) is 6.54 Å². The molecule has 0 aromatic heterocycles. The van der Waals surface area contributed by atoms with Crippen LogP contribution in [-0.2, 0) is 0 Å². The molecule has 2 atom stereocenters. The number of rotatable bonds is 3. The normalized spacial score (nSPS) is 34.4. The lowest BCUT2D eigenvalue weighted by molar-refractivity contribution is -0.166. The molecule has 0 radical (unpaired) electrons. The lowest BCUT2D eigenvalue weighted by Crippen LogP contribution is -2.48. The van der Waals surface area contributed by atoms with Crippen LogP contribution in [0.15, 0.2) is 0 Å². The van der Waals surface area contributed by atoms with Crippen LogP contribution in [0, 0.1) is 5.92 Å². The number of hydrogen-bond donors (Lipinski definition) is 2. The quantitative estimate of drug-likeness (QED) is 0.764. The summed E-state index contributed by atoms with van der Waals surface area (Å²) in [5, 5.41) is 2.68. The van der Waals surface area contributed by atoms with Crippen LogP contribution in [0.5, 0.6) is 0 Å². The molecule has 2 fully saturated rings. The van der Waals surface area contributed by atoms with Crippen molar-refractivity contribution in [2.24, 2.45) is 11.7 Å². The van der Waals surface area contributed by atoms with Crippen molar-refractivity contribution in [3.05, 3.63) is 0 Å². The Morgan fingerprint density at radius 3 is 2.33 bits per heavy atom. The van der Waals surface area contributed by atoms with Gasteiger partial charge in [0.1, 0.15) is 5.54 Å². The summed E-state index contributed by atoms with van der Waals surface area (Å²) in [6.07, 6.45) is -0.702. The largest absolute Gasteiger partial charge is 0.406 e. The summed E-state index contributed by atoms with van der Waals surface area (Å²) in [6, 6.07) is 0.0848. The lowest BCUT2D eigenvalue weighted by atomic mass is 10.0. The summed E-state index contributed by atoms with van der Waals surface area (Å²) in [5.41, 5.74) is 4.24. The third kappa shape index (κ3) is 2.13. The molecule has 2 nitrogen and oxygen atoms in total. The van der Waals surface area contributed by atoms with E-state index >= 15 is 0 Å². The van der Waals surface area contributed by atoms with Gasteiger partial charge in [0.05, 0.1) is 0 Å². The van der Waals surface area contributed by atoms with Crippen LogP contribution < -0.4 is 11.1 Å². The fraction of sp³-hybridized carbons (Fsp3) is 1.00. The molecule has 2 saturated carbocycles. The highest BCUT2D eigenvalue weighted by atomic mass is 19.4. The minimum absolute atomic E-state index is 0.0848. The summed E-state index contributed by atoms with van der Waals surface area (Å²) in [5.74, 6) is 0.227. The lowest BCUT2D eigenvalue weighted by Gasteiger charge is -2.24. The summed E-state index contributed by atoms with van der Waals surface area (Å²) in [4.78, 5) is 0. The average molecular weight is 222 g/mol. The van der Waals surface area contributed by atoms with Crippen LogP contribution in [-0.4, -0.2) is 24.3 Å². The van der Waals surface area contributed by atoms with Gasteiger partial charge >= 0.3 is 6.18 Å². The molecule has 2 unspecified atom stereocenters. The predicted molar refractivity (Wildman–Crippen MR) is 51.3 cm³/mol. The van der Waals surface area contributed by atoms with Gasteiger partial charge in [-0.2, -0.15) is 13.2 Å². The molecule has 2 aliphatic rings. The maximum Gasteiger partial charge on any atom is 0.406 e. The predicted octanol–water partition coefficient (Wildman–Crippen LogP) is 1.80. The zero-order chi connectivity index (χ0) is 11.1. The molecule has 2 rings (SSSR count). The van der Waals surface area contributed by atoms with E-state index in [2.05, 4.69) is 5.32 Å². The van der Waals surface area contributed by atoms with E-state index in [-0.39, 0.29) is 24.8 Å². The Morgan fingerprint density at radius 2 is 1.93 bits per heavy atom. The van der Waals surface area contributed by atoms with E-state index < -0.39 is 11.7 Å². The fourth-order valence-electron chi connectivity index (χ4n) is 2.33. The van der Waals surface area contributed by atoms with Gasteiger partial charge in [0, 0.05) is 12.6 Å². The van der Waals surface area contributed by atoms with Crippen molar-refractivity contribution in [3.63, 3.8) is 0 Å². The Morgan fingerprint density at radius 1 is 1.27 bits per heavy atom. The van der Waals surface area contributed by atoms with Gasteiger partial charge < -0.3 is 11.1 Å². The van der Waals surface area contributed by atoms with Gasteiger partial charge in [0.2, 0.25) is 0 Å². The summed E-state index contributed by atoms with van der Waals surface area (Å²) < 4.78 is 37.7. The van der Waals surface area contributed by atoms with Crippen LogP contribution in [0.25, 0.3) is 0 Å². The highest BCUT2D eigenvalue weighted by molar-refractivity contribution is 5.08. The molecule has 0 heterocycles. The molecular weight excluding hydrogens is 205 g/mol. The summed E-state index contributed by atoms with van der Waals surface area (Å²) in [6.45, 7) is 0.417. The van der Waals surface area contributed by atoms with Crippen molar-refractivity contribution >= 4 is 0 Å². The van der Waals surface area contributed by atoms with E-state index in [1.165, 1.54) is 0 Å². The number of nitrogens with one attached hydrogen (secondary N) is 1. The number of alkyl halides is 3. The van der Waals surface area contributed by atoms with Crippen molar-refractivity contribution in [1.82, 2.24) is 5.32 Å². The minimum Gasteiger partial charge on any atom is -0.327 e. The summed E-state index contributed by atoms with van der Waals surface area (Å²) in [7, 11) is 0. The highest BCUT2D eigenvalue weighted by Gasteiger charge is 2.63. The molecule has 3 N–H and O–H groups in total.